The van der Waals surface area contributed by atoms with Crippen LogP contribution in [0.1, 0.15) is 31.9 Å². The van der Waals surface area contributed by atoms with Crippen LogP contribution in [-0.2, 0) is 6.54 Å². The van der Waals surface area contributed by atoms with E-state index in [9.17, 15) is 0 Å². The molecule has 162 valence electrons. The molecular formula is C24H25N7O. The number of benzene rings is 1. The highest BCUT2D eigenvalue weighted by Crippen LogP contribution is 2.27. The molecule has 0 fully saturated rings. The number of nitrogens with zero attached hydrogens (tertiary/aromatic N) is 7. The highest BCUT2D eigenvalue weighted by atomic mass is 16.5. The second-order valence-corrected chi connectivity index (χ2v) is 7.88. The molecule has 0 amide bonds. The number of hydrogen-bond acceptors (Lipinski definition) is 5. The fourth-order valence-electron chi connectivity index (χ4n) is 3.67. The first-order chi connectivity index (χ1) is 15.6. The van der Waals surface area contributed by atoms with Gasteiger partial charge in [0, 0.05) is 29.6 Å². The maximum atomic E-state index is 5.23. The van der Waals surface area contributed by atoms with Gasteiger partial charge in [-0.1, -0.05) is 19.1 Å². The van der Waals surface area contributed by atoms with Crippen LogP contribution in [-0.4, -0.2) is 41.3 Å². The van der Waals surface area contributed by atoms with E-state index >= 15 is 0 Å². The number of rotatable bonds is 7. The van der Waals surface area contributed by atoms with E-state index in [1.54, 1.807) is 13.3 Å². The van der Waals surface area contributed by atoms with Crippen molar-refractivity contribution in [1.82, 2.24) is 34.2 Å². The van der Waals surface area contributed by atoms with E-state index in [-0.39, 0.29) is 0 Å². The van der Waals surface area contributed by atoms with Gasteiger partial charge in [-0.3, -0.25) is 9.36 Å². The molecule has 0 N–H and O–H groups in total. The molecule has 1 aromatic carbocycles. The average molecular weight is 428 g/mol. The van der Waals surface area contributed by atoms with Crippen molar-refractivity contribution in [3.05, 3.63) is 73.1 Å². The molecule has 0 spiro atoms. The molecule has 8 heteroatoms. The molecule has 0 aliphatic carbocycles. The third-order valence-corrected chi connectivity index (χ3v) is 5.74. The molecule has 1 atom stereocenters. The minimum atomic E-state index is 0.337. The third kappa shape index (κ3) is 3.75. The summed E-state index contributed by atoms with van der Waals surface area (Å²) < 4.78 is 11.0. The van der Waals surface area contributed by atoms with Gasteiger partial charge in [0.25, 0.3) is 0 Å². The molecule has 0 radical (unpaired) electrons. The lowest BCUT2D eigenvalue weighted by Crippen LogP contribution is -2.03. The largest absolute Gasteiger partial charge is 0.497 e. The van der Waals surface area contributed by atoms with Crippen LogP contribution in [0.3, 0.4) is 0 Å². The monoisotopic (exact) mass is 427 g/mol. The van der Waals surface area contributed by atoms with E-state index in [2.05, 4.69) is 35.3 Å². The molecule has 0 aliphatic rings. The quantitative estimate of drug-likeness (QED) is 0.383. The van der Waals surface area contributed by atoms with Gasteiger partial charge in [-0.15, -0.1) is 0 Å². The average Bonchev–Trinajstić information content (AvgIpc) is 3.59. The summed E-state index contributed by atoms with van der Waals surface area (Å²) in [5.74, 6) is 0.843. The van der Waals surface area contributed by atoms with Gasteiger partial charge < -0.3 is 4.74 Å². The van der Waals surface area contributed by atoms with Gasteiger partial charge in [0.2, 0.25) is 0 Å². The molecule has 0 saturated carbocycles. The highest BCUT2D eigenvalue weighted by Gasteiger charge is 2.15. The second kappa shape index (κ2) is 8.30. The van der Waals surface area contributed by atoms with Gasteiger partial charge in [-0.2, -0.15) is 15.3 Å². The molecule has 5 rings (SSSR count). The first-order valence-corrected chi connectivity index (χ1v) is 10.7. The summed E-state index contributed by atoms with van der Waals surface area (Å²) in [6.07, 6.45) is 12.5. The molecule has 0 saturated heterocycles. The Labute approximate surface area is 186 Å². The van der Waals surface area contributed by atoms with Crippen LogP contribution in [0, 0.1) is 0 Å². The Morgan fingerprint density at radius 3 is 2.53 bits per heavy atom. The smallest absolute Gasteiger partial charge is 0.118 e. The molecule has 5 aromatic rings. The molecule has 0 bridgehead atoms. The molecular weight excluding hydrogens is 402 g/mol. The van der Waals surface area contributed by atoms with Gasteiger partial charge in [-0.25, -0.2) is 9.50 Å². The zero-order valence-electron chi connectivity index (χ0n) is 18.4. The zero-order chi connectivity index (χ0) is 22.1. The Morgan fingerprint density at radius 1 is 0.938 bits per heavy atom. The number of methoxy groups -OCH3 is 1. The number of aromatic nitrogens is 7. The standard InChI is InChI=1S/C24H25N7O/c1-4-17(2)30-15-20(12-27-30)24-23-9-10-25-31(23)16-22(28-24)19-11-26-29(14-19)13-18-5-7-21(32-3)8-6-18/h5-12,14-17H,4,13H2,1-3H3. The normalized spacial score (nSPS) is 12.3. The van der Waals surface area contributed by atoms with Crippen molar-refractivity contribution < 1.29 is 4.74 Å². The Balaban J connectivity index is 1.48. The highest BCUT2D eigenvalue weighted by molar-refractivity contribution is 5.78. The van der Waals surface area contributed by atoms with Crippen molar-refractivity contribution >= 4 is 5.52 Å². The van der Waals surface area contributed by atoms with Gasteiger partial charge in [0.05, 0.1) is 55.3 Å². The van der Waals surface area contributed by atoms with Gasteiger partial charge in [-0.05, 0) is 37.1 Å². The van der Waals surface area contributed by atoms with Crippen LogP contribution in [0.4, 0.5) is 0 Å². The molecule has 32 heavy (non-hydrogen) atoms. The van der Waals surface area contributed by atoms with Crippen molar-refractivity contribution in [1.29, 1.82) is 0 Å². The zero-order valence-corrected chi connectivity index (χ0v) is 18.4. The van der Waals surface area contributed by atoms with Gasteiger partial charge in [0.15, 0.2) is 0 Å². The fourth-order valence-corrected chi connectivity index (χ4v) is 3.67. The molecule has 1 unspecified atom stereocenters. The number of fused-ring (bicyclic) bond motifs is 1. The SMILES string of the molecule is CCC(C)n1cc(-c2nc(-c3cnn(Cc4ccc(OC)cc4)c3)cn3nccc23)cn1. The third-order valence-electron chi connectivity index (χ3n) is 5.74. The lowest BCUT2D eigenvalue weighted by molar-refractivity contribution is 0.414. The summed E-state index contributed by atoms with van der Waals surface area (Å²) in [6, 6.07) is 10.3. The summed E-state index contributed by atoms with van der Waals surface area (Å²) >= 11 is 0. The fraction of sp³-hybridized carbons (Fsp3) is 0.250. The van der Waals surface area contributed by atoms with Crippen LogP contribution in [0.15, 0.2) is 67.5 Å². The van der Waals surface area contributed by atoms with Crippen LogP contribution in [0.25, 0.3) is 28.0 Å². The predicted molar refractivity (Wildman–Crippen MR) is 123 cm³/mol. The summed E-state index contributed by atoms with van der Waals surface area (Å²) in [5.41, 5.74) is 5.68. The summed E-state index contributed by atoms with van der Waals surface area (Å²) in [5, 5.41) is 13.5. The summed E-state index contributed by atoms with van der Waals surface area (Å²) in [6.45, 7) is 4.98. The minimum Gasteiger partial charge on any atom is -0.497 e. The number of hydrogen-bond donors (Lipinski definition) is 0. The topological polar surface area (TPSA) is 75.1 Å². The van der Waals surface area contributed by atoms with Crippen molar-refractivity contribution in [3.63, 3.8) is 0 Å². The van der Waals surface area contributed by atoms with Crippen molar-refractivity contribution in [2.24, 2.45) is 0 Å². The summed E-state index contributed by atoms with van der Waals surface area (Å²) in [4.78, 5) is 4.97. The lowest BCUT2D eigenvalue weighted by atomic mass is 10.2. The second-order valence-electron chi connectivity index (χ2n) is 7.88. The van der Waals surface area contributed by atoms with Crippen LogP contribution >= 0.6 is 0 Å². The van der Waals surface area contributed by atoms with E-state index in [4.69, 9.17) is 9.72 Å². The molecule has 4 aromatic heterocycles. The van der Waals surface area contributed by atoms with Crippen molar-refractivity contribution in [2.45, 2.75) is 32.9 Å². The minimum absolute atomic E-state index is 0.337. The molecule has 8 nitrogen and oxygen atoms in total. The number of ether oxygens (including phenoxy) is 1. The Morgan fingerprint density at radius 2 is 1.75 bits per heavy atom. The first-order valence-electron chi connectivity index (χ1n) is 10.7. The Hall–Kier alpha value is -3.94. The van der Waals surface area contributed by atoms with Gasteiger partial charge >= 0.3 is 0 Å². The Kier molecular flexibility index (Phi) is 5.18. The van der Waals surface area contributed by atoms with E-state index in [0.717, 1.165) is 45.8 Å². The van der Waals surface area contributed by atoms with E-state index in [1.165, 1.54) is 0 Å². The molecule has 0 aliphatic heterocycles. The van der Waals surface area contributed by atoms with Gasteiger partial charge in [0.1, 0.15) is 5.75 Å². The first kappa shape index (κ1) is 20.0. The maximum absolute atomic E-state index is 5.23. The molecule has 4 heterocycles. The van der Waals surface area contributed by atoms with Crippen LogP contribution in [0.5, 0.6) is 5.75 Å². The summed E-state index contributed by atoms with van der Waals surface area (Å²) in [7, 11) is 1.67. The van der Waals surface area contributed by atoms with E-state index < -0.39 is 0 Å². The van der Waals surface area contributed by atoms with Crippen molar-refractivity contribution in [3.8, 4) is 28.3 Å². The lowest BCUT2D eigenvalue weighted by Gasteiger charge is -2.08. The van der Waals surface area contributed by atoms with Crippen LogP contribution < -0.4 is 4.74 Å². The van der Waals surface area contributed by atoms with E-state index in [0.29, 0.717) is 12.6 Å². The Bertz CT molecular complexity index is 1350. The van der Waals surface area contributed by atoms with E-state index in [1.807, 2.05) is 69.0 Å². The van der Waals surface area contributed by atoms with Crippen molar-refractivity contribution in [2.75, 3.05) is 7.11 Å². The van der Waals surface area contributed by atoms with Crippen LogP contribution in [0.2, 0.25) is 0 Å². The maximum Gasteiger partial charge on any atom is 0.118 e. The predicted octanol–water partition coefficient (Wildman–Crippen LogP) is 4.48.